The average molecular weight is 278 g/mol. The Balaban J connectivity index is 3.01. The molecule has 0 aromatic heterocycles. The number of benzene rings is 1. The summed E-state index contributed by atoms with van der Waals surface area (Å²) >= 11 is 5.80. The van der Waals surface area contributed by atoms with E-state index in [-0.39, 0.29) is 16.5 Å². The third-order valence-electron chi connectivity index (χ3n) is 1.87. The molecular weight excluding hydrogens is 266 g/mol. The molecule has 1 N–H and O–H groups in total. The van der Waals surface area contributed by atoms with Crippen molar-refractivity contribution in [1.82, 2.24) is 4.72 Å². The molecule has 7 heteroatoms. The largest absolute Gasteiger partial charge is 0.449 e. The lowest BCUT2D eigenvalue weighted by molar-refractivity contribution is 0.158. The van der Waals surface area contributed by atoms with Crippen LogP contribution in [0.4, 0.5) is 4.79 Å². The second-order valence-electron chi connectivity index (χ2n) is 3.26. The molecule has 94 valence electrons. The third-order valence-corrected chi connectivity index (χ3v) is 3.67. The van der Waals surface area contributed by atoms with Crippen molar-refractivity contribution in [3.8, 4) is 0 Å². The Labute approximate surface area is 105 Å². The molecule has 0 spiro atoms. The van der Waals surface area contributed by atoms with E-state index in [9.17, 15) is 13.2 Å². The number of hydrogen-bond acceptors (Lipinski definition) is 4. The van der Waals surface area contributed by atoms with Crippen LogP contribution in [0.25, 0.3) is 0 Å². The molecule has 1 aromatic carbocycles. The predicted octanol–water partition coefficient (Wildman–Crippen LogP) is 2.08. The number of amides is 1. The summed E-state index contributed by atoms with van der Waals surface area (Å²) < 4.78 is 29.8. The van der Waals surface area contributed by atoms with Gasteiger partial charge in [0, 0.05) is 0 Å². The molecule has 1 amide bonds. The quantitative estimate of drug-likeness (QED) is 0.918. The molecule has 0 aliphatic carbocycles. The van der Waals surface area contributed by atoms with Crippen LogP contribution in [-0.2, 0) is 14.8 Å². The number of ether oxygens (including phenoxy) is 1. The maximum absolute atomic E-state index is 11.8. The van der Waals surface area contributed by atoms with Gasteiger partial charge in [0.2, 0.25) is 0 Å². The minimum atomic E-state index is -3.99. The van der Waals surface area contributed by atoms with Crippen LogP contribution in [-0.4, -0.2) is 21.1 Å². The Morgan fingerprint density at radius 2 is 2.12 bits per heavy atom. The van der Waals surface area contributed by atoms with Gasteiger partial charge in [-0.15, -0.1) is 0 Å². The number of halogens is 1. The van der Waals surface area contributed by atoms with Crippen LogP contribution in [0.3, 0.4) is 0 Å². The second-order valence-corrected chi connectivity index (χ2v) is 5.32. The molecular formula is C10H12ClNO4S. The van der Waals surface area contributed by atoms with Crippen molar-refractivity contribution in [2.75, 3.05) is 6.61 Å². The van der Waals surface area contributed by atoms with Gasteiger partial charge in [0.15, 0.2) is 0 Å². The lowest BCUT2D eigenvalue weighted by Crippen LogP contribution is -2.31. The van der Waals surface area contributed by atoms with Gasteiger partial charge >= 0.3 is 6.09 Å². The summed E-state index contributed by atoms with van der Waals surface area (Å²) in [7, 11) is -3.99. The van der Waals surface area contributed by atoms with E-state index in [0.717, 1.165) is 5.56 Å². The third kappa shape index (κ3) is 3.61. The zero-order chi connectivity index (χ0) is 13.1. The van der Waals surface area contributed by atoms with Crippen molar-refractivity contribution in [2.45, 2.75) is 18.7 Å². The average Bonchev–Trinajstić information content (AvgIpc) is 2.15. The molecule has 0 atom stereocenters. The molecule has 0 unspecified atom stereocenters. The second kappa shape index (κ2) is 5.37. The highest BCUT2D eigenvalue weighted by Crippen LogP contribution is 2.22. The first-order valence-corrected chi connectivity index (χ1v) is 6.68. The van der Waals surface area contributed by atoms with Crippen molar-refractivity contribution < 1.29 is 17.9 Å². The van der Waals surface area contributed by atoms with Gasteiger partial charge in [0.25, 0.3) is 10.0 Å². The summed E-state index contributed by atoms with van der Waals surface area (Å²) in [5, 5.41) is 0.0572. The van der Waals surface area contributed by atoms with Gasteiger partial charge in [-0.25, -0.2) is 17.9 Å². The Bertz CT molecular complexity index is 527. The highest BCUT2D eigenvalue weighted by molar-refractivity contribution is 7.90. The highest BCUT2D eigenvalue weighted by Gasteiger charge is 2.21. The molecule has 1 aromatic rings. The van der Waals surface area contributed by atoms with Crippen LogP contribution >= 0.6 is 11.6 Å². The Hall–Kier alpha value is -1.27. The van der Waals surface area contributed by atoms with E-state index >= 15 is 0 Å². The maximum Gasteiger partial charge on any atom is 0.421 e. The SMILES string of the molecule is CCOC(=O)NS(=O)(=O)c1ccc(C)cc1Cl. The normalized spacial score (nSPS) is 11.0. The summed E-state index contributed by atoms with van der Waals surface area (Å²) in [6.45, 7) is 3.44. The summed E-state index contributed by atoms with van der Waals surface area (Å²) in [5.41, 5.74) is 0.824. The topological polar surface area (TPSA) is 72.5 Å². The van der Waals surface area contributed by atoms with Crippen LogP contribution in [0, 0.1) is 6.92 Å². The van der Waals surface area contributed by atoms with E-state index < -0.39 is 16.1 Å². The summed E-state index contributed by atoms with van der Waals surface area (Å²) in [6, 6.07) is 4.42. The molecule has 0 aliphatic rings. The Kier molecular flexibility index (Phi) is 4.36. The molecule has 0 bridgehead atoms. The lowest BCUT2D eigenvalue weighted by Gasteiger charge is -2.08. The molecule has 0 heterocycles. The zero-order valence-electron chi connectivity index (χ0n) is 9.36. The van der Waals surface area contributed by atoms with Crippen LogP contribution < -0.4 is 4.72 Å². The number of nitrogens with one attached hydrogen (secondary N) is 1. The van der Waals surface area contributed by atoms with Crippen molar-refractivity contribution >= 4 is 27.7 Å². The summed E-state index contributed by atoms with van der Waals surface area (Å²) in [4.78, 5) is 10.9. The first-order chi connectivity index (χ1) is 7.86. The summed E-state index contributed by atoms with van der Waals surface area (Å²) in [5.74, 6) is 0. The van der Waals surface area contributed by atoms with Gasteiger partial charge in [-0.3, -0.25) is 0 Å². The number of carbonyl (C=O) groups excluding carboxylic acids is 1. The van der Waals surface area contributed by atoms with Crippen LogP contribution in [0.2, 0.25) is 5.02 Å². The first kappa shape index (κ1) is 13.8. The van der Waals surface area contributed by atoms with E-state index in [2.05, 4.69) is 4.74 Å². The number of aryl methyl sites for hydroxylation is 1. The number of sulfonamides is 1. The highest BCUT2D eigenvalue weighted by atomic mass is 35.5. The number of carbonyl (C=O) groups is 1. The molecule has 1 rings (SSSR count). The fraction of sp³-hybridized carbons (Fsp3) is 0.300. The lowest BCUT2D eigenvalue weighted by atomic mass is 10.2. The van der Waals surface area contributed by atoms with Gasteiger partial charge in [-0.1, -0.05) is 17.7 Å². The maximum atomic E-state index is 11.8. The Morgan fingerprint density at radius 1 is 1.47 bits per heavy atom. The molecule has 0 saturated heterocycles. The molecule has 5 nitrogen and oxygen atoms in total. The van der Waals surface area contributed by atoms with E-state index in [1.807, 2.05) is 0 Å². The van der Waals surface area contributed by atoms with E-state index in [1.165, 1.54) is 12.1 Å². The monoisotopic (exact) mass is 277 g/mol. The number of hydrogen-bond donors (Lipinski definition) is 1. The van der Waals surface area contributed by atoms with Gasteiger partial charge < -0.3 is 4.74 Å². The van der Waals surface area contributed by atoms with Crippen molar-refractivity contribution in [2.24, 2.45) is 0 Å². The fourth-order valence-corrected chi connectivity index (χ4v) is 2.64. The van der Waals surface area contributed by atoms with Gasteiger partial charge in [-0.2, -0.15) is 0 Å². The molecule has 0 aliphatic heterocycles. The van der Waals surface area contributed by atoms with Crippen LogP contribution in [0.15, 0.2) is 23.1 Å². The minimum absolute atomic E-state index is 0.0572. The van der Waals surface area contributed by atoms with E-state index in [4.69, 9.17) is 11.6 Å². The van der Waals surface area contributed by atoms with E-state index in [1.54, 1.807) is 24.6 Å². The molecule has 0 radical (unpaired) electrons. The Morgan fingerprint density at radius 3 is 2.65 bits per heavy atom. The van der Waals surface area contributed by atoms with Crippen LogP contribution in [0.5, 0.6) is 0 Å². The molecule has 0 saturated carbocycles. The van der Waals surface area contributed by atoms with E-state index in [0.29, 0.717) is 0 Å². The van der Waals surface area contributed by atoms with Crippen molar-refractivity contribution in [3.05, 3.63) is 28.8 Å². The smallest absolute Gasteiger partial charge is 0.421 e. The minimum Gasteiger partial charge on any atom is -0.449 e. The van der Waals surface area contributed by atoms with Crippen molar-refractivity contribution in [3.63, 3.8) is 0 Å². The van der Waals surface area contributed by atoms with Gasteiger partial charge in [-0.05, 0) is 31.5 Å². The van der Waals surface area contributed by atoms with Crippen molar-refractivity contribution in [1.29, 1.82) is 0 Å². The zero-order valence-corrected chi connectivity index (χ0v) is 10.9. The fourth-order valence-electron chi connectivity index (χ4n) is 1.15. The number of rotatable bonds is 3. The molecule has 17 heavy (non-hydrogen) atoms. The summed E-state index contributed by atoms with van der Waals surface area (Å²) in [6.07, 6.45) is -1.02. The molecule has 0 fully saturated rings. The first-order valence-electron chi connectivity index (χ1n) is 4.82. The van der Waals surface area contributed by atoms with Gasteiger partial charge in [0.05, 0.1) is 11.6 Å². The van der Waals surface area contributed by atoms with Crippen LogP contribution in [0.1, 0.15) is 12.5 Å². The standard InChI is InChI=1S/C10H12ClNO4S/c1-3-16-10(13)12-17(14,15)9-5-4-7(2)6-8(9)11/h4-6H,3H2,1-2H3,(H,12,13). The van der Waals surface area contributed by atoms with Gasteiger partial charge in [0.1, 0.15) is 4.90 Å². The predicted molar refractivity (Wildman–Crippen MR) is 63.5 cm³/mol.